The maximum absolute atomic E-state index is 13.1. The van der Waals surface area contributed by atoms with E-state index in [1.165, 1.54) is 6.42 Å². The average molecular weight is 406 g/mol. The zero-order valence-corrected chi connectivity index (χ0v) is 16.6. The lowest BCUT2D eigenvalue weighted by Gasteiger charge is -2.58. The number of ether oxygens (including phenoxy) is 3. The first-order valence-electron chi connectivity index (χ1n) is 9.95. The first kappa shape index (κ1) is 18.1. The second-order valence-corrected chi connectivity index (χ2v) is 9.80. The normalized spacial score (nSPS) is 35.5. The molecule has 5 aliphatic rings. The number of nitrogens with one attached hydrogen (secondary N) is 1. The highest BCUT2D eigenvalue weighted by atomic mass is 35.5. The van der Waals surface area contributed by atoms with Crippen LogP contribution in [0.4, 0.5) is 5.69 Å². The summed E-state index contributed by atoms with van der Waals surface area (Å²) in [6.07, 6.45) is 4.64. The standard InChI is InChI=1S/C21H24ClNO5/c1-12(18(24)23-15-2-3-16-17(5-15)27-11-26-16)28-19(25)20-6-13-4-14(7-20)9-21(22,8-13)10-20/h2-3,5,12-14H,4,6-11H2,1H3,(H,23,24)/t12-,13-,14+,20?,21?/m0/s1. The number of alkyl halides is 1. The molecular weight excluding hydrogens is 382 g/mol. The molecule has 2 unspecified atom stereocenters. The van der Waals surface area contributed by atoms with Gasteiger partial charge in [-0.15, -0.1) is 11.6 Å². The number of benzene rings is 1. The Morgan fingerprint density at radius 1 is 1.18 bits per heavy atom. The van der Waals surface area contributed by atoms with E-state index in [1.807, 2.05) is 0 Å². The van der Waals surface area contributed by atoms with E-state index in [4.69, 9.17) is 25.8 Å². The first-order chi connectivity index (χ1) is 13.3. The third-order valence-electron chi connectivity index (χ3n) is 6.72. The van der Waals surface area contributed by atoms with Crippen LogP contribution < -0.4 is 14.8 Å². The minimum atomic E-state index is -0.878. The van der Waals surface area contributed by atoms with Gasteiger partial charge in [0.25, 0.3) is 5.91 Å². The molecule has 1 amide bonds. The summed E-state index contributed by atoms with van der Waals surface area (Å²) in [5.41, 5.74) is 0.0609. The highest BCUT2D eigenvalue weighted by Gasteiger charge is 2.61. The third kappa shape index (κ3) is 3.02. The minimum Gasteiger partial charge on any atom is -0.454 e. The molecule has 0 radical (unpaired) electrons. The first-order valence-corrected chi connectivity index (χ1v) is 10.3. The van der Waals surface area contributed by atoms with Gasteiger partial charge in [-0.3, -0.25) is 9.59 Å². The smallest absolute Gasteiger partial charge is 0.312 e. The molecule has 0 aromatic heterocycles. The predicted octanol–water partition coefficient (Wildman–Crippen LogP) is 3.86. The van der Waals surface area contributed by atoms with Gasteiger partial charge < -0.3 is 19.5 Å². The van der Waals surface area contributed by atoms with Crippen molar-refractivity contribution >= 4 is 29.2 Å². The number of esters is 1. The van der Waals surface area contributed by atoms with Crippen LogP contribution in [0.25, 0.3) is 0 Å². The van der Waals surface area contributed by atoms with Gasteiger partial charge in [0.05, 0.1) is 5.41 Å². The molecule has 1 heterocycles. The lowest BCUT2D eigenvalue weighted by molar-refractivity contribution is -0.176. The van der Waals surface area contributed by atoms with Crippen LogP contribution >= 0.6 is 11.6 Å². The maximum atomic E-state index is 13.1. The number of hydrogen-bond acceptors (Lipinski definition) is 5. The van der Waals surface area contributed by atoms with Gasteiger partial charge in [-0.2, -0.15) is 0 Å². The fourth-order valence-corrected chi connectivity index (χ4v) is 6.64. The summed E-state index contributed by atoms with van der Waals surface area (Å²) < 4.78 is 16.2. The molecular formula is C21H24ClNO5. The van der Waals surface area contributed by atoms with Crippen molar-refractivity contribution in [1.82, 2.24) is 0 Å². The van der Waals surface area contributed by atoms with Crippen molar-refractivity contribution in [3.8, 4) is 11.5 Å². The SMILES string of the molecule is C[C@H](OC(=O)C12C[C@@H]3C[C@@H](CC(Cl)(C3)C1)C2)C(=O)Nc1ccc2c(c1)OCO2. The van der Waals surface area contributed by atoms with E-state index in [0.29, 0.717) is 35.4 Å². The van der Waals surface area contributed by atoms with Crippen molar-refractivity contribution in [2.45, 2.75) is 56.4 Å². The van der Waals surface area contributed by atoms with Crippen molar-refractivity contribution in [2.24, 2.45) is 17.3 Å². The molecule has 0 saturated heterocycles. The predicted molar refractivity (Wildman–Crippen MR) is 102 cm³/mol. The highest BCUT2D eigenvalue weighted by Crippen LogP contribution is 2.64. The number of carbonyl (C=O) groups excluding carboxylic acids is 2. The van der Waals surface area contributed by atoms with Gasteiger partial charge >= 0.3 is 5.97 Å². The maximum Gasteiger partial charge on any atom is 0.312 e. The summed E-state index contributed by atoms with van der Waals surface area (Å²) >= 11 is 6.81. The summed E-state index contributed by atoms with van der Waals surface area (Å²) in [5.74, 6) is 1.61. The summed E-state index contributed by atoms with van der Waals surface area (Å²) in [7, 11) is 0. The van der Waals surface area contributed by atoms with Crippen LogP contribution in [0.1, 0.15) is 45.4 Å². The number of amides is 1. The molecule has 4 fully saturated rings. The van der Waals surface area contributed by atoms with Crippen molar-refractivity contribution in [3.05, 3.63) is 18.2 Å². The van der Waals surface area contributed by atoms with Gasteiger partial charge in [0.1, 0.15) is 0 Å². The Morgan fingerprint density at radius 3 is 2.61 bits per heavy atom. The Labute approximate surface area is 168 Å². The summed E-state index contributed by atoms with van der Waals surface area (Å²) in [4.78, 5) is 25.4. The molecule has 6 rings (SSSR count). The van der Waals surface area contributed by atoms with E-state index < -0.39 is 11.5 Å². The quantitative estimate of drug-likeness (QED) is 0.608. The van der Waals surface area contributed by atoms with Gasteiger partial charge in [0.15, 0.2) is 17.6 Å². The number of fused-ring (bicyclic) bond motifs is 1. The zero-order chi connectivity index (χ0) is 19.5. The minimum absolute atomic E-state index is 0.173. The van der Waals surface area contributed by atoms with Crippen molar-refractivity contribution in [3.63, 3.8) is 0 Å². The van der Waals surface area contributed by atoms with E-state index in [-0.39, 0.29) is 23.5 Å². The van der Waals surface area contributed by atoms with Crippen molar-refractivity contribution < 1.29 is 23.8 Å². The molecule has 0 spiro atoms. The van der Waals surface area contributed by atoms with Crippen LogP contribution in [0, 0.1) is 17.3 Å². The van der Waals surface area contributed by atoms with E-state index in [2.05, 4.69) is 5.32 Å². The fraction of sp³-hybridized carbons (Fsp3) is 0.619. The van der Waals surface area contributed by atoms with Crippen LogP contribution in [0.15, 0.2) is 18.2 Å². The molecule has 150 valence electrons. The molecule has 28 heavy (non-hydrogen) atoms. The second kappa shape index (κ2) is 6.28. The summed E-state index contributed by atoms with van der Waals surface area (Å²) in [5, 5.41) is 2.78. The van der Waals surface area contributed by atoms with E-state index >= 15 is 0 Å². The topological polar surface area (TPSA) is 73.9 Å². The lowest BCUT2D eigenvalue weighted by atomic mass is 9.49. The molecule has 1 aromatic carbocycles. The highest BCUT2D eigenvalue weighted by molar-refractivity contribution is 6.24. The van der Waals surface area contributed by atoms with Gasteiger partial charge in [0, 0.05) is 16.6 Å². The molecule has 1 aliphatic heterocycles. The largest absolute Gasteiger partial charge is 0.454 e. The van der Waals surface area contributed by atoms with Gasteiger partial charge in [-0.25, -0.2) is 0 Å². The van der Waals surface area contributed by atoms with Gasteiger partial charge in [-0.1, -0.05) is 0 Å². The molecule has 1 aromatic rings. The lowest BCUT2D eigenvalue weighted by Crippen LogP contribution is -2.57. The molecule has 6 nitrogen and oxygen atoms in total. The Hall–Kier alpha value is -1.95. The molecule has 5 atom stereocenters. The number of anilines is 1. The fourth-order valence-electron chi connectivity index (χ4n) is 5.95. The Bertz CT molecular complexity index is 826. The molecule has 4 saturated carbocycles. The summed E-state index contributed by atoms with van der Waals surface area (Å²) in [6.45, 7) is 1.78. The van der Waals surface area contributed by atoms with Crippen molar-refractivity contribution in [2.75, 3.05) is 12.1 Å². The summed E-state index contributed by atoms with van der Waals surface area (Å²) in [6, 6.07) is 5.17. The molecule has 1 N–H and O–H groups in total. The van der Waals surface area contributed by atoms with E-state index in [0.717, 1.165) is 25.7 Å². The number of carbonyl (C=O) groups is 2. The van der Waals surface area contributed by atoms with E-state index in [9.17, 15) is 9.59 Å². The monoisotopic (exact) mass is 405 g/mol. The Kier molecular flexibility index (Phi) is 4.06. The zero-order valence-electron chi connectivity index (χ0n) is 15.8. The number of halogens is 1. The van der Waals surface area contributed by atoms with Crippen LogP contribution in [0.3, 0.4) is 0 Å². The second-order valence-electron chi connectivity index (χ2n) is 9.00. The van der Waals surface area contributed by atoms with Crippen LogP contribution in [-0.4, -0.2) is 29.6 Å². The van der Waals surface area contributed by atoms with E-state index in [1.54, 1.807) is 25.1 Å². The Morgan fingerprint density at radius 2 is 1.89 bits per heavy atom. The van der Waals surface area contributed by atoms with Crippen molar-refractivity contribution in [1.29, 1.82) is 0 Å². The third-order valence-corrected chi connectivity index (χ3v) is 7.16. The average Bonchev–Trinajstić information content (AvgIpc) is 3.07. The molecule has 4 bridgehead atoms. The Balaban J connectivity index is 1.24. The molecule has 7 heteroatoms. The van der Waals surface area contributed by atoms with Gasteiger partial charge in [0.2, 0.25) is 6.79 Å². The van der Waals surface area contributed by atoms with Crippen LogP contribution in [0.2, 0.25) is 0 Å². The van der Waals surface area contributed by atoms with Gasteiger partial charge in [-0.05, 0) is 69.4 Å². The molecule has 4 aliphatic carbocycles. The number of hydrogen-bond donors (Lipinski definition) is 1. The van der Waals surface area contributed by atoms with Crippen LogP contribution in [-0.2, 0) is 14.3 Å². The van der Waals surface area contributed by atoms with Crippen LogP contribution in [0.5, 0.6) is 11.5 Å². The number of rotatable bonds is 4.